The Morgan fingerprint density at radius 1 is 1.19 bits per heavy atom. The van der Waals surface area contributed by atoms with Gasteiger partial charge in [0.1, 0.15) is 21.9 Å². The van der Waals surface area contributed by atoms with Crippen LogP contribution in [0, 0.1) is 28.6 Å². The molecule has 0 atom stereocenters. The highest BCUT2D eigenvalue weighted by Crippen LogP contribution is 2.32. The first-order valence-corrected chi connectivity index (χ1v) is 11.7. The van der Waals surface area contributed by atoms with Gasteiger partial charge in [-0.05, 0) is 48.1 Å². The molecule has 31 heavy (non-hydrogen) atoms. The summed E-state index contributed by atoms with van der Waals surface area (Å²) in [7, 11) is -2.11. The third-order valence-electron chi connectivity index (χ3n) is 4.83. The van der Waals surface area contributed by atoms with E-state index in [-0.39, 0.29) is 30.2 Å². The first-order chi connectivity index (χ1) is 14.9. The molecule has 1 aliphatic rings. The molecule has 0 amide bonds. The molecule has 0 saturated carbocycles. The number of nitrogens with zero attached hydrogens (tertiary/aromatic N) is 3. The first kappa shape index (κ1) is 22.5. The van der Waals surface area contributed by atoms with Crippen LogP contribution < -0.4 is 9.47 Å². The standard InChI is InChI=1S/C21H19N3O5S2/c1-28-19-12-15(11-16(13-22)14-23)4-5-18(19)29-21(25)17-6-8-24(9-7-17)31(26,27)20-3-2-10-30-20/h2-5,10-12,17H,6-9H2,1H3. The number of ether oxygens (including phenoxy) is 2. The number of carbonyl (C=O) groups is 1. The van der Waals surface area contributed by atoms with Gasteiger partial charge in [-0.3, -0.25) is 4.79 Å². The van der Waals surface area contributed by atoms with Crippen LogP contribution in [0.5, 0.6) is 11.5 Å². The number of piperidine rings is 1. The normalized spacial score (nSPS) is 14.8. The molecule has 1 saturated heterocycles. The molecule has 0 spiro atoms. The summed E-state index contributed by atoms with van der Waals surface area (Å²) < 4.78 is 37.7. The summed E-state index contributed by atoms with van der Waals surface area (Å²) in [5.74, 6) is -0.379. The van der Waals surface area contributed by atoms with Gasteiger partial charge in [0.05, 0.1) is 13.0 Å². The minimum Gasteiger partial charge on any atom is -0.493 e. The van der Waals surface area contributed by atoms with Gasteiger partial charge in [-0.1, -0.05) is 12.1 Å². The van der Waals surface area contributed by atoms with Crippen LogP contribution in [0.3, 0.4) is 0 Å². The predicted molar refractivity (Wildman–Crippen MR) is 114 cm³/mol. The molecule has 0 radical (unpaired) electrons. The van der Waals surface area contributed by atoms with Gasteiger partial charge in [0.15, 0.2) is 11.5 Å². The summed E-state index contributed by atoms with van der Waals surface area (Å²) in [6.07, 6.45) is 2.12. The van der Waals surface area contributed by atoms with Crippen molar-refractivity contribution in [2.24, 2.45) is 5.92 Å². The van der Waals surface area contributed by atoms with Gasteiger partial charge in [0.2, 0.25) is 0 Å². The maximum absolute atomic E-state index is 12.6. The van der Waals surface area contributed by atoms with Crippen LogP contribution in [-0.4, -0.2) is 38.9 Å². The van der Waals surface area contributed by atoms with Crippen molar-refractivity contribution in [1.29, 1.82) is 10.5 Å². The van der Waals surface area contributed by atoms with E-state index >= 15 is 0 Å². The third kappa shape index (κ3) is 5.12. The fraction of sp³-hybridized carbons (Fsp3) is 0.286. The number of hydrogen-bond acceptors (Lipinski definition) is 8. The van der Waals surface area contributed by atoms with Gasteiger partial charge in [-0.2, -0.15) is 14.8 Å². The summed E-state index contributed by atoms with van der Waals surface area (Å²) in [6.45, 7) is 0.484. The second-order valence-corrected chi connectivity index (χ2v) is 9.84. The van der Waals surface area contributed by atoms with Crippen LogP contribution in [0.1, 0.15) is 18.4 Å². The number of esters is 1. The minimum absolute atomic E-state index is 0.0592. The molecule has 1 fully saturated rings. The monoisotopic (exact) mass is 457 g/mol. The third-order valence-corrected chi connectivity index (χ3v) is 8.10. The van der Waals surface area contributed by atoms with E-state index in [1.165, 1.54) is 34.9 Å². The van der Waals surface area contributed by atoms with Crippen LogP contribution in [0.15, 0.2) is 45.5 Å². The number of thiophene rings is 1. The van der Waals surface area contributed by atoms with E-state index < -0.39 is 21.9 Å². The van der Waals surface area contributed by atoms with E-state index in [0.29, 0.717) is 22.6 Å². The highest BCUT2D eigenvalue weighted by Gasteiger charge is 2.33. The topological polar surface area (TPSA) is 120 Å². The second kappa shape index (κ2) is 9.75. The van der Waals surface area contributed by atoms with Gasteiger partial charge in [0.25, 0.3) is 10.0 Å². The molecular weight excluding hydrogens is 438 g/mol. The lowest BCUT2D eigenvalue weighted by Crippen LogP contribution is -2.40. The Morgan fingerprint density at radius 3 is 2.48 bits per heavy atom. The van der Waals surface area contributed by atoms with Crippen molar-refractivity contribution in [2.75, 3.05) is 20.2 Å². The molecule has 1 aromatic carbocycles. The van der Waals surface area contributed by atoms with Crippen LogP contribution in [-0.2, 0) is 14.8 Å². The van der Waals surface area contributed by atoms with Crippen molar-refractivity contribution in [2.45, 2.75) is 17.1 Å². The Kier molecular flexibility index (Phi) is 7.08. The Bertz CT molecular complexity index is 1150. The number of nitriles is 2. The van der Waals surface area contributed by atoms with E-state index in [9.17, 15) is 13.2 Å². The smallest absolute Gasteiger partial charge is 0.314 e. The van der Waals surface area contributed by atoms with E-state index in [4.69, 9.17) is 20.0 Å². The molecule has 0 unspecified atom stereocenters. The van der Waals surface area contributed by atoms with E-state index in [0.717, 1.165) is 0 Å². The van der Waals surface area contributed by atoms with Gasteiger partial charge < -0.3 is 9.47 Å². The van der Waals surface area contributed by atoms with Gasteiger partial charge in [-0.25, -0.2) is 8.42 Å². The molecule has 2 heterocycles. The lowest BCUT2D eigenvalue weighted by molar-refractivity contribution is -0.140. The van der Waals surface area contributed by atoms with Gasteiger partial charge in [-0.15, -0.1) is 11.3 Å². The molecule has 1 aliphatic heterocycles. The second-order valence-electron chi connectivity index (χ2n) is 6.72. The summed E-state index contributed by atoms with van der Waals surface area (Å²) in [5.41, 5.74) is 0.498. The number of carbonyl (C=O) groups excluding carboxylic acids is 1. The van der Waals surface area contributed by atoms with Crippen molar-refractivity contribution >= 4 is 33.4 Å². The summed E-state index contributed by atoms with van der Waals surface area (Å²) in [4.78, 5) is 12.6. The van der Waals surface area contributed by atoms with Crippen molar-refractivity contribution in [1.82, 2.24) is 4.31 Å². The first-order valence-electron chi connectivity index (χ1n) is 9.34. The van der Waals surface area contributed by atoms with Gasteiger partial charge >= 0.3 is 5.97 Å². The van der Waals surface area contributed by atoms with Crippen molar-refractivity contribution in [3.05, 3.63) is 46.8 Å². The number of sulfonamides is 1. The summed E-state index contributed by atoms with van der Waals surface area (Å²) in [5, 5.41) is 19.5. The molecule has 1 aromatic heterocycles. The number of hydrogen-bond donors (Lipinski definition) is 0. The summed E-state index contributed by atoms with van der Waals surface area (Å²) in [6, 6.07) is 11.5. The number of rotatable bonds is 6. The van der Waals surface area contributed by atoms with Crippen LogP contribution in [0.25, 0.3) is 6.08 Å². The maximum Gasteiger partial charge on any atom is 0.314 e. The Labute approximate surface area is 184 Å². The fourth-order valence-corrected chi connectivity index (χ4v) is 5.79. The average Bonchev–Trinajstić information content (AvgIpc) is 3.34. The number of allylic oxidation sites excluding steroid dienone is 1. The van der Waals surface area contributed by atoms with E-state index in [1.54, 1.807) is 41.8 Å². The van der Waals surface area contributed by atoms with Crippen molar-refractivity contribution in [3.8, 4) is 23.6 Å². The molecule has 0 bridgehead atoms. The number of benzene rings is 1. The number of methoxy groups -OCH3 is 1. The van der Waals surface area contributed by atoms with Gasteiger partial charge in [0, 0.05) is 13.1 Å². The zero-order valence-electron chi connectivity index (χ0n) is 16.6. The SMILES string of the molecule is COc1cc(C=C(C#N)C#N)ccc1OC(=O)C1CCN(S(=O)(=O)c2cccs2)CC1. The van der Waals surface area contributed by atoms with Crippen molar-refractivity contribution < 1.29 is 22.7 Å². The van der Waals surface area contributed by atoms with Crippen LogP contribution in [0.2, 0.25) is 0 Å². The quantitative estimate of drug-likeness (QED) is 0.371. The Balaban J connectivity index is 1.66. The fourth-order valence-electron chi connectivity index (χ4n) is 3.18. The Morgan fingerprint density at radius 2 is 1.90 bits per heavy atom. The highest BCUT2D eigenvalue weighted by molar-refractivity contribution is 7.91. The molecule has 10 heteroatoms. The highest BCUT2D eigenvalue weighted by atomic mass is 32.2. The zero-order valence-corrected chi connectivity index (χ0v) is 18.3. The average molecular weight is 458 g/mol. The maximum atomic E-state index is 12.6. The molecule has 2 aromatic rings. The molecule has 160 valence electrons. The predicted octanol–water partition coefficient (Wildman–Crippen LogP) is 3.19. The lowest BCUT2D eigenvalue weighted by Gasteiger charge is -2.29. The summed E-state index contributed by atoms with van der Waals surface area (Å²) >= 11 is 1.17. The van der Waals surface area contributed by atoms with E-state index in [2.05, 4.69) is 0 Å². The minimum atomic E-state index is -3.53. The lowest BCUT2D eigenvalue weighted by atomic mass is 9.98. The largest absolute Gasteiger partial charge is 0.493 e. The van der Waals surface area contributed by atoms with Crippen molar-refractivity contribution in [3.63, 3.8) is 0 Å². The zero-order chi connectivity index (χ0) is 22.4. The Hall–Kier alpha value is -3.18. The molecule has 0 aliphatic carbocycles. The molecular formula is C21H19N3O5S2. The molecule has 8 nitrogen and oxygen atoms in total. The molecule has 3 rings (SSSR count). The van der Waals surface area contributed by atoms with Crippen LogP contribution in [0.4, 0.5) is 0 Å². The molecule has 0 N–H and O–H groups in total. The van der Waals surface area contributed by atoms with E-state index in [1.807, 2.05) is 0 Å². The van der Waals surface area contributed by atoms with Crippen LogP contribution >= 0.6 is 11.3 Å².